The largest absolute Gasteiger partial charge is 0.465 e. The summed E-state index contributed by atoms with van der Waals surface area (Å²) in [5, 5.41) is 9.88. The third-order valence-electron chi connectivity index (χ3n) is 7.50. The smallest absolute Gasteiger partial charge is 0.407 e. The molecule has 1 aliphatic heterocycles. The number of H-pyrrole nitrogens is 1. The fourth-order valence-corrected chi connectivity index (χ4v) is 5.68. The number of aromatic nitrogens is 2. The van der Waals surface area contributed by atoms with E-state index in [1.807, 2.05) is 54.6 Å². The second kappa shape index (κ2) is 11.6. The van der Waals surface area contributed by atoms with Crippen molar-refractivity contribution in [3.63, 3.8) is 0 Å². The molecule has 0 radical (unpaired) electrons. The molecule has 3 aromatic carbocycles. The van der Waals surface area contributed by atoms with Gasteiger partial charge in [0.15, 0.2) is 0 Å². The molecule has 0 spiro atoms. The van der Waals surface area contributed by atoms with Crippen molar-refractivity contribution in [1.82, 2.24) is 19.4 Å². The van der Waals surface area contributed by atoms with Crippen LogP contribution in [0.5, 0.6) is 0 Å². The number of hydrogen-bond donors (Lipinski definition) is 2. The number of nitrogens with one attached hydrogen (secondary N) is 1. The summed E-state index contributed by atoms with van der Waals surface area (Å²) >= 11 is 0. The zero-order valence-corrected chi connectivity index (χ0v) is 21.3. The molecule has 2 heterocycles. The Morgan fingerprint density at radius 1 is 0.974 bits per heavy atom. The Balaban J connectivity index is 1.28. The van der Waals surface area contributed by atoms with Gasteiger partial charge >= 0.3 is 11.8 Å². The number of imidazole rings is 1. The molecule has 2 atom stereocenters. The summed E-state index contributed by atoms with van der Waals surface area (Å²) in [6.45, 7) is 2.60. The van der Waals surface area contributed by atoms with Crippen molar-refractivity contribution in [3.05, 3.63) is 106 Å². The molecule has 1 aromatic heterocycles. The van der Waals surface area contributed by atoms with Gasteiger partial charge in [-0.1, -0.05) is 54.6 Å². The number of hydrogen-bond acceptors (Lipinski definition) is 3. The monoisotopic (exact) mass is 516 g/mol. The molecule has 0 saturated carbocycles. The summed E-state index contributed by atoms with van der Waals surface area (Å²) < 4.78 is 15.2. The van der Waals surface area contributed by atoms with E-state index in [2.05, 4.69) is 22.0 Å². The van der Waals surface area contributed by atoms with Gasteiger partial charge in [0.2, 0.25) is 0 Å². The average Bonchev–Trinajstić information content (AvgIpc) is 3.26. The van der Waals surface area contributed by atoms with E-state index in [1.165, 1.54) is 22.6 Å². The van der Waals surface area contributed by atoms with Crippen LogP contribution in [0.3, 0.4) is 0 Å². The van der Waals surface area contributed by atoms with Crippen LogP contribution in [-0.4, -0.2) is 49.7 Å². The highest BCUT2D eigenvalue weighted by Crippen LogP contribution is 2.31. The van der Waals surface area contributed by atoms with Gasteiger partial charge in [0, 0.05) is 31.7 Å². The van der Waals surface area contributed by atoms with E-state index in [9.17, 15) is 19.1 Å². The lowest BCUT2D eigenvalue weighted by Gasteiger charge is -2.38. The van der Waals surface area contributed by atoms with Crippen molar-refractivity contribution in [2.75, 3.05) is 13.1 Å². The molecule has 2 N–H and O–H groups in total. The molecule has 8 heteroatoms. The first-order valence-electron chi connectivity index (χ1n) is 13.2. The Kier molecular flexibility index (Phi) is 7.89. The number of fused-ring (bicyclic) bond motifs is 1. The minimum atomic E-state index is -0.910. The van der Waals surface area contributed by atoms with Crippen LogP contribution in [-0.2, 0) is 13.1 Å². The molecular formula is C30H33FN4O3. The molecule has 1 saturated heterocycles. The lowest BCUT2D eigenvalue weighted by molar-refractivity contribution is 0.0853. The van der Waals surface area contributed by atoms with Gasteiger partial charge in [-0.2, -0.15) is 0 Å². The fraction of sp³-hybridized carbons (Fsp3) is 0.333. The second-order valence-corrected chi connectivity index (χ2v) is 10.1. The van der Waals surface area contributed by atoms with Gasteiger partial charge in [0.1, 0.15) is 5.82 Å². The first-order valence-corrected chi connectivity index (χ1v) is 13.2. The van der Waals surface area contributed by atoms with Gasteiger partial charge in [-0.05, 0) is 67.6 Å². The molecule has 1 fully saturated rings. The lowest BCUT2D eigenvalue weighted by atomic mass is 9.93. The first-order chi connectivity index (χ1) is 18.5. The van der Waals surface area contributed by atoms with Gasteiger partial charge < -0.3 is 15.0 Å². The van der Waals surface area contributed by atoms with Crippen LogP contribution in [0.25, 0.3) is 11.0 Å². The van der Waals surface area contributed by atoms with Gasteiger partial charge in [-0.25, -0.2) is 14.0 Å². The molecule has 0 aliphatic carbocycles. The number of aromatic amines is 1. The molecule has 1 amide bonds. The van der Waals surface area contributed by atoms with E-state index in [0.717, 1.165) is 36.1 Å². The number of carboxylic acid groups (broad SMARTS) is 1. The summed E-state index contributed by atoms with van der Waals surface area (Å²) in [4.78, 5) is 31.6. The van der Waals surface area contributed by atoms with Crippen LogP contribution in [0.4, 0.5) is 9.18 Å². The van der Waals surface area contributed by atoms with E-state index >= 15 is 0 Å². The zero-order chi connectivity index (χ0) is 26.5. The molecular weight excluding hydrogens is 483 g/mol. The van der Waals surface area contributed by atoms with E-state index in [0.29, 0.717) is 32.4 Å². The molecule has 7 nitrogen and oxygen atoms in total. The molecule has 0 bridgehead atoms. The van der Waals surface area contributed by atoms with Gasteiger partial charge in [-0.15, -0.1) is 0 Å². The number of para-hydroxylation sites is 2. The molecule has 1 aliphatic rings. The number of halogens is 1. The maximum absolute atomic E-state index is 13.4. The van der Waals surface area contributed by atoms with Gasteiger partial charge in [0.25, 0.3) is 0 Å². The average molecular weight is 517 g/mol. The minimum Gasteiger partial charge on any atom is -0.465 e. The second-order valence-electron chi connectivity index (χ2n) is 10.1. The van der Waals surface area contributed by atoms with Crippen LogP contribution >= 0.6 is 0 Å². The maximum atomic E-state index is 13.4. The normalized spacial score (nSPS) is 17.8. The number of rotatable bonds is 9. The van der Waals surface area contributed by atoms with Gasteiger partial charge in [0.05, 0.1) is 11.0 Å². The summed E-state index contributed by atoms with van der Waals surface area (Å²) in [6, 6.07) is 24.2. The van der Waals surface area contributed by atoms with Crippen LogP contribution < -0.4 is 5.69 Å². The predicted molar refractivity (Wildman–Crippen MR) is 146 cm³/mol. The fourth-order valence-electron chi connectivity index (χ4n) is 5.68. The Hall–Kier alpha value is -3.91. The highest BCUT2D eigenvalue weighted by atomic mass is 19.1. The number of carbonyl (C=O) groups is 1. The van der Waals surface area contributed by atoms with Crippen LogP contribution in [0.2, 0.25) is 0 Å². The maximum Gasteiger partial charge on any atom is 0.407 e. The quantitative estimate of drug-likeness (QED) is 0.302. The summed E-state index contributed by atoms with van der Waals surface area (Å²) in [7, 11) is 0. The first kappa shape index (κ1) is 25.7. The summed E-state index contributed by atoms with van der Waals surface area (Å²) in [5.74, 6) is -0.252. The Morgan fingerprint density at radius 3 is 2.39 bits per heavy atom. The SMILES string of the molecule is O=C(O)N1CC[C@H](n2c(=O)[nH]c3ccccc32)C[C@@H]1CCCN(Cc1ccccc1)Cc1ccc(F)cc1. The number of piperidine rings is 1. The topological polar surface area (TPSA) is 81.6 Å². The molecule has 38 heavy (non-hydrogen) atoms. The van der Waals surface area contributed by atoms with Crippen molar-refractivity contribution < 1.29 is 14.3 Å². The predicted octanol–water partition coefficient (Wildman–Crippen LogP) is 5.63. The Morgan fingerprint density at radius 2 is 1.66 bits per heavy atom. The van der Waals surface area contributed by atoms with Crippen LogP contribution in [0.1, 0.15) is 42.9 Å². The number of likely N-dealkylation sites (tertiary alicyclic amines) is 1. The number of benzene rings is 3. The van der Waals surface area contributed by atoms with Crippen molar-refractivity contribution in [1.29, 1.82) is 0 Å². The highest BCUT2D eigenvalue weighted by molar-refractivity contribution is 5.75. The minimum absolute atomic E-state index is 0.0566. The van der Waals surface area contributed by atoms with Crippen molar-refractivity contribution >= 4 is 17.1 Å². The highest BCUT2D eigenvalue weighted by Gasteiger charge is 2.33. The molecule has 4 aromatic rings. The van der Waals surface area contributed by atoms with Crippen molar-refractivity contribution in [3.8, 4) is 0 Å². The summed E-state index contributed by atoms with van der Waals surface area (Å²) in [5.41, 5.74) is 3.74. The molecule has 0 unspecified atom stereocenters. The van der Waals surface area contributed by atoms with E-state index in [4.69, 9.17) is 0 Å². The third kappa shape index (κ3) is 5.97. The van der Waals surface area contributed by atoms with Crippen molar-refractivity contribution in [2.24, 2.45) is 0 Å². The Labute approximate surface area is 221 Å². The van der Waals surface area contributed by atoms with E-state index < -0.39 is 6.09 Å². The standard InChI is InChI=1S/C30H33FN4O3/c31-24-14-12-23(13-15-24)21-33(20-22-7-2-1-3-8-22)17-6-9-25-19-26(16-18-34(25)30(37)38)35-28-11-5-4-10-27(28)32-29(35)36/h1-5,7-8,10-15,25-26H,6,9,16-21H2,(H,32,36)(H,37,38)/t25-,26-/m0/s1. The van der Waals surface area contributed by atoms with E-state index in [-0.39, 0.29) is 23.6 Å². The summed E-state index contributed by atoms with van der Waals surface area (Å²) in [6.07, 6.45) is 1.80. The lowest BCUT2D eigenvalue weighted by Crippen LogP contribution is -2.47. The van der Waals surface area contributed by atoms with Gasteiger partial charge in [-0.3, -0.25) is 9.47 Å². The zero-order valence-electron chi connectivity index (χ0n) is 21.3. The van der Waals surface area contributed by atoms with Crippen LogP contribution in [0.15, 0.2) is 83.7 Å². The van der Waals surface area contributed by atoms with Crippen molar-refractivity contribution in [2.45, 2.75) is 50.9 Å². The molecule has 5 rings (SSSR count). The number of amides is 1. The third-order valence-corrected chi connectivity index (χ3v) is 7.50. The number of nitrogens with zero attached hydrogens (tertiary/aromatic N) is 3. The van der Waals surface area contributed by atoms with Crippen LogP contribution in [0, 0.1) is 5.82 Å². The molecule has 198 valence electrons. The Bertz CT molecular complexity index is 1420. The van der Waals surface area contributed by atoms with E-state index in [1.54, 1.807) is 4.57 Å².